The van der Waals surface area contributed by atoms with Crippen LogP contribution in [0, 0.1) is 0 Å². The topological polar surface area (TPSA) is 60.9 Å². The predicted molar refractivity (Wildman–Crippen MR) is 59.5 cm³/mol. The smallest absolute Gasteiger partial charge is 0.122 e. The standard InChI is InChI=1S/C11H13N3O/c1-8(4-5-15)14-7-13-10-6-9(12)2-3-11(10)14/h2-3,5-8H,4,12H2,1H3. The van der Waals surface area contributed by atoms with Crippen molar-refractivity contribution in [3.05, 3.63) is 24.5 Å². The summed E-state index contributed by atoms with van der Waals surface area (Å²) in [5.41, 5.74) is 8.25. The third-order valence-corrected chi connectivity index (χ3v) is 2.51. The van der Waals surface area contributed by atoms with Crippen molar-refractivity contribution < 1.29 is 4.79 Å². The largest absolute Gasteiger partial charge is 0.399 e. The van der Waals surface area contributed by atoms with Gasteiger partial charge in [0, 0.05) is 18.2 Å². The van der Waals surface area contributed by atoms with Crippen molar-refractivity contribution >= 4 is 23.0 Å². The summed E-state index contributed by atoms with van der Waals surface area (Å²) in [6, 6.07) is 5.74. The molecule has 1 heterocycles. The lowest BCUT2D eigenvalue weighted by molar-refractivity contribution is -0.108. The quantitative estimate of drug-likeness (QED) is 0.610. The van der Waals surface area contributed by atoms with Crippen LogP contribution in [0.4, 0.5) is 5.69 Å². The molecule has 2 aromatic rings. The van der Waals surface area contributed by atoms with Crippen LogP contribution >= 0.6 is 0 Å². The monoisotopic (exact) mass is 203 g/mol. The molecule has 2 N–H and O–H groups in total. The number of hydrogen-bond acceptors (Lipinski definition) is 3. The van der Waals surface area contributed by atoms with Crippen LogP contribution in [0.1, 0.15) is 19.4 Å². The van der Waals surface area contributed by atoms with E-state index < -0.39 is 0 Å². The lowest BCUT2D eigenvalue weighted by Crippen LogP contribution is -2.03. The number of fused-ring (bicyclic) bond motifs is 1. The summed E-state index contributed by atoms with van der Waals surface area (Å²) in [6.07, 6.45) is 3.17. The zero-order valence-corrected chi connectivity index (χ0v) is 8.55. The molecular weight excluding hydrogens is 190 g/mol. The zero-order valence-electron chi connectivity index (χ0n) is 8.55. The van der Waals surface area contributed by atoms with Gasteiger partial charge in [-0.25, -0.2) is 4.98 Å². The van der Waals surface area contributed by atoms with Crippen molar-refractivity contribution in [1.29, 1.82) is 0 Å². The van der Waals surface area contributed by atoms with Gasteiger partial charge in [0.15, 0.2) is 0 Å². The van der Waals surface area contributed by atoms with E-state index in [1.807, 2.05) is 29.7 Å². The lowest BCUT2D eigenvalue weighted by Gasteiger charge is -2.10. The molecule has 0 fully saturated rings. The normalized spacial score (nSPS) is 12.9. The second-order valence-electron chi connectivity index (χ2n) is 3.65. The molecule has 0 saturated carbocycles. The molecule has 0 saturated heterocycles. The molecular formula is C11H13N3O. The fraction of sp³-hybridized carbons (Fsp3) is 0.273. The van der Waals surface area contributed by atoms with E-state index in [1.165, 1.54) is 0 Å². The average molecular weight is 203 g/mol. The highest BCUT2D eigenvalue weighted by Gasteiger charge is 2.08. The van der Waals surface area contributed by atoms with Crippen LogP contribution in [0.15, 0.2) is 24.5 Å². The number of anilines is 1. The van der Waals surface area contributed by atoms with E-state index in [-0.39, 0.29) is 6.04 Å². The summed E-state index contributed by atoms with van der Waals surface area (Å²) in [5.74, 6) is 0. The first-order valence-corrected chi connectivity index (χ1v) is 4.88. The molecule has 0 aliphatic carbocycles. The van der Waals surface area contributed by atoms with Gasteiger partial charge in [0.1, 0.15) is 6.29 Å². The van der Waals surface area contributed by atoms with E-state index in [0.29, 0.717) is 12.1 Å². The van der Waals surface area contributed by atoms with Crippen LogP contribution in [0.2, 0.25) is 0 Å². The van der Waals surface area contributed by atoms with Crippen LogP contribution in [0.5, 0.6) is 0 Å². The molecule has 15 heavy (non-hydrogen) atoms. The minimum absolute atomic E-state index is 0.135. The minimum atomic E-state index is 0.135. The minimum Gasteiger partial charge on any atom is -0.399 e. The highest BCUT2D eigenvalue weighted by molar-refractivity contribution is 5.79. The van der Waals surface area contributed by atoms with E-state index in [4.69, 9.17) is 5.73 Å². The van der Waals surface area contributed by atoms with Gasteiger partial charge in [0.25, 0.3) is 0 Å². The lowest BCUT2D eigenvalue weighted by atomic mass is 10.2. The van der Waals surface area contributed by atoms with Crippen LogP contribution in [0.25, 0.3) is 11.0 Å². The van der Waals surface area contributed by atoms with Crippen molar-refractivity contribution in [2.24, 2.45) is 0 Å². The Morgan fingerprint density at radius 1 is 1.60 bits per heavy atom. The van der Waals surface area contributed by atoms with Crippen LogP contribution < -0.4 is 5.73 Å². The summed E-state index contributed by atoms with van der Waals surface area (Å²) < 4.78 is 1.99. The molecule has 0 amide bonds. The van der Waals surface area contributed by atoms with Crippen LogP contribution in [-0.4, -0.2) is 15.8 Å². The van der Waals surface area contributed by atoms with E-state index in [1.54, 1.807) is 6.33 Å². The molecule has 1 atom stereocenters. The van der Waals surface area contributed by atoms with Crippen molar-refractivity contribution in [3.8, 4) is 0 Å². The Morgan fingerprint density at radius 3 is 3.13 bits per heavy atom. The second-order valence-corrected chi connectivity index (χ2v) is 3.65. The maximum atomic E-state index is 10.4. The van der Waals surface area contributed by atoms with Gasteiger partial charge in [-0.2, -0.15) is 0 Å². The summed E-state index contributed by atoms with van der Waals surface area (Å²) in [4.78, 5) is 14.7. The fourth-order valence-corrected chi connectivity index (χ4v) is 1.65. The van der Waals surface area contributed by atoms with E-state index in [2.05, 4.69) is 4.98 Å². The van der Waals surface area contributed by atoms with Crippen molar-refractivity contribution in [2.75, 3.05) is 5.73 Å². The Kier molecular flexibility index (Phi) is 2.41. The summed E-state index contributed by atoms with van der Waals surface area (Å²) in [5, 5.41) is 0. The summed E-state index contributed by atoms with van der Waals surface area (Å²) >= 11 is 0. The first-order valence-electron chi connectivity index (χ1n) is 4.88. The Balaban J connectivity index is 2.49. The maximum absolute atomic E-state index is 10.4. The number of aldehydes is 1. The first kappa shape index (κ1) is 9.71. The summed E-state index contributed by atoms with van der Waals surface area (Å²) in [6.45, 7) is 1.99. The van der Waals surface area contributed by atoms with Crippen molar-refractivity contribution in [1.82, 2.24) is 9.55 Å². The Bertz CT molecular complexity index is 490. The molecule has 0 aliphatic rings. The third kappa shape index (κ3) is 1.70. The molecule has 0 aliphatic heterocycles. The zero-order chi connectivity index (χ0) is 10.8. The maximum Gasteiger partial charge on any atom is 0.122 e. The van der Waals surface area contributed by atoms with Crippen LogP contribution in [0.3, 0.4) is 0 Å². The summed E-state index contributed by atoms with van der Waals surface area (Å²) in [7, 11) is 0. The SMILES string of the molecule is CC(CC=O)n1cnc2cc(N)ccc21. The molecule has 1 unspecified atom stereocenters. The van der Waals surface area contributed by atoms with Crippen LogP contribution in [-0.2, 0) is 4.79 Å². The number of carbonyl (C=O) groups is 1. The number of nitrogens with zero attached hydrogens (tertiary/aromatic N) is 2. The molecule has 0 bridgehead atoms. The number of rotatable bonds is 3. The Hall–Kier alpha value is -1.84. The van der Waals surface area contributed by atoms with Gasteiger partial charge < -0.3 is 15.1 Å². The molecule has 0 spiro atoms. The van der Waals surface area contributed by atoms with Gasteiger partial charge in [0.05, 0.1) is 17.4 Å². The molecule has 1 aromatic carbocycles. The number of benzene rings is 1. The van der Waals surface area contributed by atoms with E-state index in [9.17, 15) is 4.79 Å². The van der Waals surface area contributed by atoms with Gasteiger partial charge in [-0.05, 0) is 25.1 Å². The number of imidazole rings is 1. The third-order valence-electron chi connectivity index (χ3n) is 2.51. The molecule has 0 radical (unpaired) electrons. The van der Waals surface area contributed by atoms with Gasteiger partial charge in [-0.3, -0.25) is 0 Å². The van der Waals surface area contributed by atoms with Gasteiger partial charge in [-0.15, -0.1) is 0 Å². The van der Waals surface area contributed by atoms with E-state index >= 15 is 0 Å². The Labute approximate surface area is 87.7 Å². The first-order chi connectivity index (χ1) is 7.22. The number of aromatic nitrogens is 2. The average Bonchev–Trinajstić information content (AvgIpc) is 2.60. The van der Waals surface area contributed by atoms with Gasteiger partial charge in [-0.1, -0.05) is 0 Å². The molecule has 4 heteroatoms. The fourth-order valence-electron chi connectivity index (χ4n) is 1.65. The number of carbonyl (C=O) groups excluding carboxylic acids is 1. The molecule has 78 valence electrons. The highest BCUT2D eigenvalue weighted by Crippen LogP contribution is 2.20. The van der Waals surface area contributed by atoms with Gasteiger partial charge in [0.2, 0.25) is 0 Å². The van der Waals surface area contributed by atoms with Crippen molar-refractivity contribution in [3.63, 3.8) is 0 Å². The predicted octanol–water partition coefficient (Wildman–Crippen LogP) is 1.77. The molecule has 4 nitrogen and oxygen atoms in total. The molecule has 2 rings (SSSR count). The Morgan fingerprint density at radius 2 is 2.40 bits per heavy atom. The number of nitrogens with two attached hydrogens (primary N) is 1. The van der Waals surface area contributed by atoms with E-state index in [0.717, 1.165) is 17.3 Å². The number of hydrogen-bond donors (Lipinski definition) is 1. The second kappa shape index (κ2) is 3.73. The number of nitrogen functional groups attached to an aromatic ring is 1. The van der Waals surface area contributed by atoms with Crippen molar-refractivity contribution in [2.45, 2.75) is 19.4 Å². The van der Waals surface area contributed by atoms with Gasteiger partial charge >= 0.3 is 0 Å². The highest BCUT2D eigenvalue weighted by atomic mass is 16.1. The molecule has 1 aromatic heterocycles.